The Labute approximate surface area is 701 Å². The molecule has 2 aromatic heterocycles. The molecule has 0 radical (unpaired) electrons. The molecule has 0 saturated heterocycles. The van der Waals surface area contributed by atoms with E-state index in [0.29, 0.717) is 0 Å². The number of nitrogens with zero attached hydrogens (tertiary/aromatic N) is 2. The van der Waals surface area contributed by atoms with Crippen molar-refractivity contribution in [2.45, 2.75) is 48.9 Å². The Morgan fingerprint density at radius 2 is 0.583 bits per heavy atom. The van der Waals surface area contributed by atoms with E-state index in [-0.39, 0.29) is 5.41 Å². The SMILES string of the molecule is CC1(C)c2ccccc2-c2ccc(N(c3cccc(-c4cc(CC5(C)c6ccccc6-c6ccc(N(c7cccc(-c8ccc9oc%10ccccc%10c9c8)c7)c7ccc8c(c7)C7(c9ccccc9-c9ccccc97)c7ccccc7-8)cc65)c5sc6ccccc6c5c4)c3)c3ccc4c(c3)C3(c5ccccc5-c5ccccc53)c3ccccc3-4)cc21. The first kappa shape index (κ1) is 67.7. The van der Waals surface area contributed by atoms with Crippen LogP contribution in [0.2, 0.25) is 0 Å². The number of anilines is 6. The number of benzene rings is 18. The Bertz CT molecular complexity index is 7750. The second-order valence-corrected chi connectivity index (χ2v) is 35.7. The highest BCUT2D eigenvalue weighted by Gasteiger charge is 2.54. The Morgan fingerprint density at radius 1 is 0.233 bits per heavy atom. The first-order valence-corrected chi connectivity index (χ1v) is 42.9. The second-order valence-electron chi connectivity index (χ2n) is 34.6. The van der Waals surface area contributed by atoms with Gasteiger partial charge in [-0.1, -0.05) is 306 Å². The normalized spacial score (nSPS) is 15.4. The van der Waals surface area contributed by atoms with E-state index in [2.05, 4.69) is 425 Å². The maximum atomic E-state index is 6.44. The summed E-state index contributed by atoms with van der Waals surface area (Å²) in [6.45, 7) is 7.34. The van der Waals surface area contributed by atoms with E-state index in [4.69, 9.17) is 4.42 Å². The third-order valence-corrected chi connectivity index (χ3v) is 29.6. The summed E-state index contributed by atoms with van der Waals surface area (Å²) in [4.78, 5) is 5.11. The quantitative estimate of drug-likeness (QED) is 0.136. The molecule has 26 rings (SSSR count). The smallest absolute Gasteiger partial charge is 0.135 e. The second kappa shape index (κ2) is 24.8. The van der Waals surface area contributed by atoms with Crippen molar-refractivity contribution in [3.05, 3.63) is 467 Å². The largest absolute Gasteiger partial charge is 0.456 e. The van der Waals surface area contributed by atoms with Crippen LogP contribution in [0, 0.1) is 0 Å². The van der Waals surface area contributed by atoms with Crippen molar-refractivity contribution in [3.8, 4) is 89.0 Å². The van der Waals surface area contributed by atoms with Crippen LogP contribution in [0.1, 0.15) is 93.1 Å². The van der Waals surface area contributed by atoms with Crippen LogP contribution in [0.3, 0.4) is 0 Å². The summed E-state index contributed by atoms with van der Waals surface area (Å²) in [6, 6.07) is 151. The van der Waals surface area contributed by atoms with Gasteiger partial charge in [0.25, 0.3) is 0 Å². The molecule has 0 N–H and O–H groups in total. The van der Waals surface area contributed by atoms with Gasteiger partial charge < -0.3 is 14.2 Å². The summed E-state index contributed by atoms with van der Waals surface area (Å²) in [5, 5.41) is 4.79. The van der Waals surface area contributed by atoms with Gasteiger partial charge in [0.15, 0.2) is 0 Å². The van der Waals surface area contributed by atoms with Crippen LogP contribution in [0.15, 0.2) is 399 Å². The Morgan fingerprint density at radius 3 is 1.09 bits per heavy atom. The molecule has 20 aromatic rings. The number of para-hydroxylation sites is 1. The van der Waals surface area contributed by atoms with E-state index in [1.165, 1.54) is 165 Å². The monoisotopic (exact) mass is 1540 g/mol. The molecule has 3 nitrogen and oxygen atoms in total. The lowest BCUT2D eigenvalue weighted by Crippen LogP contribution is -2.26. The van der Waals surface area contributed by atoms with Crippen molar-refractivity contribution < 1.29 is 4.42 Å². The minimum absolute atomic E-state index is 0.222. The zero-order chi connectivity index (χ0) is 79.1. The molecule has 4 heteroatoms. The number of fused-ring (bicyclic) bond motifs is 32. The van der Waals surface area contributed by atoms with E-state index in [1.807, 2.05) is 11.3 Å². The van der Waals surface area contributed by atoms with Gasteiger partial charge in [-0.15, -0.1) is 11.3 Å². The molecule has 1 atom stereocenters. The lowest BCUT2D eigenvalue weighted by molar-refractivity contribution is 0.586. The van der Waals surface area contributed by atoms with E-state index < -0.39 is 16.2 Å². The molecule has 18 aromatic carbocycles. The lowest BCUT2D eigenvalue weighted by atomic mass is 9.70. The molecule has 0 amide bonds. The van der Waals surface area contributed by atoms with Gasteiger partial charge in [0.2, 0.25) is 0 Å². The molecule has 1 unspecified atom stereocenters. The summed E-state index contributed by atoms with van der Waals surface area (Å²) in [6.07, 6.45) is 0.751. The van der Waals surface area contributed by atoms with Gasteiger partial charge in [0, 0.05) is 75.9 Å². The van der Waals surface area contributed by atoms with Crippen LogP contribution in [0.4, 0.5) is 34.1 Å². The van der Waals surface area contributed by atoms with Crippen molar-refractivity contribution in [1.82, 2.24) is 0 Å². The Balaban J connectivity index is 0.648. The third-order valence-electron chi connectivity index (χ3n) is 28.3. The molecule has 6 aliphatic carbocycles. The molecule has 2 spiro atoms. The average molecular weight is 1550 g/mol. The fourth-order valence-electron chi connectivity index (χ4n) is 23.2. The third kappa shape index (κ3) is 9.13. The van der Waals surface area contributed by atoms with Crippen LogP contribution in [0.5, 0.6) is 0 Å². The summed E-state index contributed by atoms with van der Waals surface area (Å²) in [7, 11) is 0. The molecular formula is C116H76N2OS. The first-order chi connectivity index (χ1) is 59.1. The highest BCUT2D eigenvalue weighted by atomic mass is 32.1. The van der Waals surface area contributed by atoms with E-state index in [9.17, 15) is 0 Å². The summed E-state index contributed by atoms with van der Waals surface area (Å²) < 4.78 is 9.05. The van der Waals surface area contributed by atoms with Gasteiger partial charge in [-0.3, -0.25) is 0 Å². The van der Waals surface area contributed by atoms with Gasteiger partial charge in [-0.25, -0.2) is 0 Å². The maximum absolute atomic E-state index is 6.44. The van der Waals surface area contributed by atoms with Crippen molar-refractivity contribution in [1.29, 1.82) is 0 Å². The van der Waals surface area contributed by atoms with Gasteiger partial charge in [-0.05, 0) is 277 Å². The van der Waals surface area contributed by atoms with Crippen LogP contribution in [0.25, 0.3) is 131 Å². The van der Waals surface area contributed by atoms with Crippen molar-refractivity contribution in [2.75, 3.05) is 9.80 Å². The lowest BCUT2D eigenvalue weighted by Gasteiger charge is -2.33. The topological polar surface area (TPSA) is 19.6 Å². The van der Waals surface area contributed by atoms with E-state index in [0.717, 1.165) is 79.2 Å². The maximum Gasteiger partial charge on any atom is 0.135 e. The molecule has 2 heterocycles. The van der Waals surface area contributed by atoms with Crippen molar-refractivity contribution in [2.24, 2.45) is 0 Å². The summed E-state index contributed by atoms with van der Waals surface area (Å²) in [5.74, 6) is 0. The summed E-state index contributed by atoms with van der Waals surface area (Å²) >= 11 is 1.94. The predicted molar refractivity (Wildman–Crippen MR) is 499 cm³/mol. The standard InChI is InChI=1S/C116H76N2OS/c1-113(2)97-40-14-4-30-81(97)89-55-51-77(65-105(89)113)117(79-53-57-91-87-36-10-20-46-103(87)115(107(91)67-79)99-42-16-6-32-83(99)84-33-7-17-43-100(84)115)76-29-25-27-71(62-76)73-60-74(112-96(64-73)94-39-13-23-49-111(94)120-112)69-114(3)98-41-15-5-31-82(98)90-56-52-78(66-106(90)114)118(75-28-24-26-70(61-75)72-50-59-110-95(63-72)93-38-12-22-48-109(93)119-110)80-54-58-92-88-37-11-21-47-104(88)116(108(92)68-80)101-44-18-8-34-85(101)86-35-9-19-45-102(86)116/h4-68H,69H2,1-3H3. The molecule has 6 aliphatic rings. The number of hydrogen-bond acceptors (Lipinski definition) is 4. The van der Waals surface area contributed by atoms with E-state index >= 15 is 0 Å². The molecule has 562 valence electrons. The number of thiophene rings is 1. The van der Waals surface area contributed by atoms with Crippen molar-refractivity contribution in [3.63, 3.8) is 0 Å². The molecule has 0 saturated carbocycles. The summed E-state index contributed by atoms with van der Waals surface area (Å²) in [5.41, 5.74) is 43.9. The Kier molecular flexibility index (Phi) is 14.0. The van der Waals surface area contributed by atoms with Gasteiger partial charge >= 0.3 is 0 Å². The zero-order valence-corrected chi connectivity index (χ0v) is 67.3. The fraction of sp³-hybridized carbons (Fsp3) is 0.0690. The molecule has 120 heavy (non-hydrogen) atoms. The first-order valence-electron chi connectivity index (χ1n) is 42.1. The van der Waals surface area contributed by atoms with E-state index in [1.54, 1.807) is 0 Å². The van der Waals surface area contributed by atoms with Crippen LogP contribution < -0.4 is 9.80 Å². The highest BCUT2D eigenvalue weighted by molar-refractivity contribution is 7.26. The predicted octanol–water partition coefficient (Wildman–Crippen LogP) is 30.7. The Hall–Kier alpha value is -14.4. The molecule has 0 bridgehead atoms. The van der Waals surface area contributed by atoms with Gasteiger partial charge in [-0.2, -0.15) is 0 Å². The van der Waals surface area contributed by atoms with Gasteiger partial charge in [0.1, 0.15) is 11.2 Å². The van der Waals surface area contributed by atoms with Crippen LogP contribution >= 0.6 is 11.3 Å². The molecule has 0 fully saturated rings. The van der Waals surface area contributed by atoms with Crippen molar-refractivity contribution >= 4 is 87.6 Å². The minimum Gasteiger partial charge on any atom is -0.456 e. The fourth-order valence-corrected chi connectivity index (χ4v) is 24.4. The highest BCUT2D eigenvalue weighted by Crippen LogP contribution is 2.67. The van der Waals surface area contributed by atoms with Crippen LogP contribution in [-0.4, -0.2) is 0 Å². The molecule has 0 aliphatic heterocycles. The number of rotatable bonds is 10. The average Bonchev–Trinajstić information content (AvgIpc) is 1.51. The van der Waals surface area contributed by atoms with Crippen LogP contribution in [-0.2, 0) is 28.1 Å². The molecular weight excluding hydrogens is 1470 g/mol. The zero-order valence-electron chi connectivity index (χ0n) is 66.4. The minimum atomic E-state index is -0.541. The number of hydrogen-bond donors (Lipinski definition) is 0. The number of furan rings is 1. The van der Waals surface area contributed by atoms with Gasteiger partial charge in [0.05, 0.1) is 10.8 Å².